The van der Waals surface area contributed by atoms with Crippen LogP contribution in [0.2, 0.25) is 0 Å². The van der Waals surface area contributed by atoms with Crippen molar-refractivity contribution in [1.29, 1.82) is 0 Å². The highest BCUT2D eigenvalue weighted by Gasteiger charge is 2.25. The molecule has 0 saturated carbocycles. The summed E-state index contributed by atoms with van der Waals surface area (Å²) in [6.45, 7) is 7.97. The molecule has 0 aliphatic heterocycles. The van der Waals surface area contributed by atoms with E-state index in [9.17, 15) is 9.90 Å². The Labute approximate surface area is 163 Å². The fourth-order valence-corrected chi connectivity index (χ4v) is 3.04. The number of rotatable bonds is 7. The molecule has 2 heterocycles. The fraction of sp³-hybridized carbons (Fsp3) is 0.421. The van der Waals surface area contributed by atoms with Gasteiger partial charge in [-0.3, -0.25) is 4.79 Å². The van der Waals surface area contributed by atoms with Crippen LogP contribution in [0.3, 0.4) is 0 Å². The van der Waals surface area contributed by atoms with Crippen molar-refractivity contribution in [1.82, 2.24) is 30.1 Å². The molecule has 0 fully saturated rings. The minimum Gasteiger partial charge on any atom is -0.446 e. The minimum absolute atomic E-state index is 0.138. The molecule has 9 heteroatoms. The maximum atomic E-state index is 13.1. The van der Waals surface area contributed by atoms with Crippen molar-refractivity contribution in [2.45, 2.75) is 39.7 Å². The zero-order valence-corrected chi connectivity index (χ0v) is 16.5. The van der Waals surface area contributed by atoms with Crippen LogP contribution in [0.25, 0.3) is 5.69 Å². The molecule has 0 saturated heterocycles. The van der Waals surface area contributed by atoms with Gasteiger partial charge in [0.1, 0.15) is 22.7 Å². The molecule has 0 radical (unpaired) electrons. The molecule has 0 aliphatic carbocycles. The van der Waals surface area contributed by atoms with E-state index in [0.717, 1.165) is 0 Å². The Balaban J connectivity index is 1.77. The van der Waals surface area contributed by atoms with E-state index in [1.54, 1.807) is 43.9 Å². The van der Waals surface area contributed by atoms with Gasteiger partial charge in [-0.05, 0) is 45.0 Å². The van der Waals surface area contributed by atoms with Crippen LogP contribution in [0.1, 0.15) is 48.5 Å². The van der Waals surface area contributed by atoms with Gasteiger partial charge >= 0.3 is 0 Å². The zero-order valence-electron chi connectivity index (χ0n) is 16.5. The second-order valence-electron chi connectivity index (χ2n) is 6.95. The molecule has 148 valence electrons. The monoisotopic (exact) mass is 384 g/mol. The minimum atomic E-state index is -1.07. The zero-order chi connectivity index (χ0) is 20.3. The maximum Gasteiger partial charge on any atom is 0.256 e. The van der Waals surface area contributed by atoms with Gasteiger partial charge in [-0.15, -0.1) is 15.0 Å². The Hall–Kier alpha value is -3.07. The summed E-state index contributed by atoms with van der Waals surface area (Å²) in [7, 11) is 0. The molecule has 0 aliphatic rings. The van der Waals surface area contributed by atoms with Gasteiger partial charge in [-0.25, -0.2) is 4.98 Å². The van der Waals surface area contributed by atoms with Crippen LogP contribution < -0.4 is 0 Å². The first-order valence-electron chi connectivity index (χ1n) is 9.12. The molecular formula is C19H24N6O3. The lowest BCUT2D eigenvalue weighted by Crippen LogP contribution is -2.33. The van der Waals surface area contributed by atoms with E-state index >= 15 is 0 Å². The second-order valence-corrected chi connectivity index (χ2v) is 6.95. The first-order valence-corrected chi connectivity index (χ1v) is 9.12. The molecule has 1 amide bonds. The standard InChI is InChI=1S/C19H24N6O3/c1-5-24(11-10-16-22-17(13(2)28-16)19(3,4)27)18(26)14-8-6-7-9-15(14)25-21-12-20-23-25/h6-9,12,27H,5,10-11H2,1-4H3. The Morgan fingerprint density at radius 1 is 1.32 bits per heavy atom. The third-order valence-electron chi connectivity index (χ3n) is 4.38. The predicted octanol–water partition coefficient (Wildman–Crippen LogP) is 1.89. The number of hydrogen-bond acceptors (Lipinski definition) is 7. The number of para-hydroxylation sites is 1. The van der Waals surface area contributed by atoms with Crippen LogP contribution in [0, 0.1) is 6.92 Å². The average molecular weight is 384 g/mol. The summed E-state index contributed by atoms with van der Waals surface area (Å²) in [5.41, 5.74) is 0.498. The predicted molar refractivity (Wildman–Crippen MR) is 101 cm³/mol. The Morgan fingerprint density at radius 2 is 2.07 bits per heavy atom. The number of hydrogen-bond donors (Lipinski definition) is 1. The summed E-state index contributed by atoms with van der Waals surface area (Å²) in [5.74, 6) is 0.938. The first-order chi connectivity index (χ1) is 13.3. The lowest BCUT2D eigenvalue weighted by Gasteiger charge is -2.21. The van der Waals surface area contributed by atoms with Gasteiger partial charge < -0.3 is 14.4 Å². The van der Waals surface area contributed by atoms with E-state index in [1.165, 1.54) is 11.1 Å². The molecule has 3 rings (SSSR count). The molecule has 2 aromatic heterocycles. The summed E-state index contributed by atoms with van der Waals surface area (Å²) in [6.07, 6.45) is 1.77. The number of likely N-dealkylation sites (N-methyl/N-ethyl adjacent to an activating group) is 1. The summed E-state index contributed by atoms with van der Waals surface area (Å²) in [4.78, 5) is 20.5. The van der Waals surface area contributed by atoms with Crippen LogP contribution in [0.5, 0.6) is 0 Å². The van der Waals surface area contributed by atoms with Crippen molar-refractivity contribution in [3.63, 3.8) is 0 Å². The Kier molecular flexibility index (Phi) is 5.55. The van der Waals surface area contributed by atoms with E-state index < -0.39 is 5.60 Å². The fourth-order valence-electron chi connectivity index (χ4n) is 3.04. The number of carbonyl (C=O) groups is 1. The van der Waals surface area contributed by atoms with E-state index in [1.807, 2.05) is 13.0 Å². The number of aryl methyl sites for hydroxylation is 1. The molecule has 1 aromatic carbocycles. The molecule has 0 atom stereocenters. The second kappa shape index (κ2) is 7.89. The molecule has 28 heavy (non-hydrogen) atoms. The highest BCUT2D eigenvalue weighted by molar-refractivity contribution is 5.97. The van der Waals surface area contributed by atoms with E-state index in [4.69, 9.17) is 4.42 Å². The number of aliphatic hydroxyl groups is 1. The number of carbonyl (C=O) groups excluding carboxylic acids is 1. The SMILES string of the molecule is CCN(CCc1nc(C(C)(C)O)c(C)o1)C(=O)c1ccccc1-n1ncnn1. The van der Waals surface area contributed by atoms with Crippen LogP contribution in [-0.2, 0) is 12.0 Å². The topological polar surface area (TPSA) is 110 Å². The van der Waals surface area contributed by atoms with Gasteiger partial charge in [0.25, 0.3) is 5.91 Å². The molecule has 0 spiro atoms. The summed E-state index contributed by atoms with van der Waals surface area (Å²) >= 11 is 0. The van der Waals surface area contributed by atoms with E-state index in [-0.39, 0.29) is 5.91 Å². The number of aromatic nitrogens is 5. The molecule has 0 bridgehead atoms. The van der Waals surface area contributed by atoms with Gasteiger partial charge in [0.15, 0.2) is 12.2 Å². The van der Waals surface area contributed by atoms with Crippen molar-refractivity contribution < 1.29 is 14.3 Å². The summed E-state index contributed by atoms with van der Waals surface area (Å²) in [6, 6.07) is 7.13. The third-order valence-corrected chi connectivity index (χ3v) is 4.38. The molecule has 1 N–H and O–H groups in total. The normalized spacial score (nSPS) is 11.6. The van der Waals surface area contributed by atoms with Gasteiger partial charge in [-0.2, -0.15) is 0 Å². The number of nitrogens with zero attached hydrogens (tertiary/aromatic N) is 6. The van der Waals surface area contributed by atoms with Crippen LogP contribution in [0.15, 0.2) is 35.0 Å². The molecule has 9 nitrogen and oxygen atoms in total. The van der Waals surface area contributed by atoms with Crippen LogP contribution >= 0.6 is 0 Å². The van der Waals surface area contributed by atoms with Gasteiger partial charge in [0.05, 0.1) is 5.56 Å². The molecule has 3 aromatic rings. The molecular weight excluding hydrogens is 360 g/mol. The Bertz CT molecular complexity index is 943. The number of oxazole rings is 1. The lowest BCUT2D eigenvalue weighted by atomic mass is 10.0. The number of benzene rings is 1. The maximum absolute atomic E-state index is 13.1. The van der Waals surface area contributed by atoms with Gasteiger partial charge in [0.2, 0.25) is 0 Å². The largest absolute Gasteiger partial charge is 0.446 e. The lowest BCUT2D eigenvalue weighted by molar-refractivity contribution is 0.0725. The van der Waals surface area contributed by atoms with E-state index in [2.05, 4.69) is 20.4 Å². The molecule has 0 unspecified atom stereocenters. The smallest absolute Gasteiger partial charge is 0.256 e. The van der Waals surface area contributed by atoms with Crippen molar-refractivity contribution in [2.75, 3.05) is 13.1 Å². The third kappa shape index (κ3) is 4.09. The van der Waals surface area contributed by atoms with Crippen molar-refractivity contribution in [3.8, 4) is 5.69 Å². The van der Waals surface area contributed by atoms with Crippen molar-refractivity contribution in [2.24, 2.45) is 0 Å². The van der Waals surface area contributed by atoms with Gasteiger partial charge in [0, 0.05) is 19.5 Å². The summed E-state index contributed by atoms with van der Waals surface area (Å²) in [5, 5.41) is 21.8. The highest BCUT2D eigenvalue weighted by Crippen LogP contribution is 2.23. The van der Waals surface area contributed by atoms with Crippen LogP contribution in [0.4, 0.5) is 0 Å². The van der Waals surface area contributed by atoms with E-state index in [0.29, 0.717) is 48.1 Å². The van der Waals surface area contributed by atoms with Crippen molar-refractivity contribution >= 4 is 5.91 Å². The van der Waals surface area contributed by atoms with Crippen LogP contribution in [-0.4, -0.2) is 54.2 Å². The number of tetrazole rings is 1. The highest BCUT2D eigenvalue weighted by atomic mass is 16.4. The van der Waals surface area contributed by atoms with Gasteiger partial charge in [-0.1, -0.05) is 12.1 Å². The van der Waals surface area contributed by atoms with Crippen molar-refractivity contribution in [3.05, 3.63) is 53.5 Å². The quantitative estimate of drug-likeness (QED) is 0.662. The first kappa shape index (κ1) is 19.7. The average Bonchev–Trinajstić information content (AvgIpc) is 3.31. The summed E-state index contributed by atoms with van der Waals surface area (Å²) < 4.78 is 5.66. The Morgan fingerprint density at radius 3 is 2.68 bits per heavy atom. The number of amides is 1.